The number of fused-ring (bicyclic) bond motifs is 1. The molecule has 198 valence electrons. The molecule has 39 heavy (non-hydrogen) atoms. The Morgan fingerprint density at radius 3 is 2.64 bits per heavy atom. The van der Waals surface area contributed by atoms with Gasteiger partial charge >= 0.3 is 6.03 Å². The highest BCUT2D eigenvalue weighted by Crippen LogP contribution is 2.29. The summed E-state index contributed by atoms with van der Waals surface area (Å²) in [5.74, 6) is 0.939. The van der Waals surface area contributed by atoms with Gasteiger partial charge in [-0.2, -0.15) is 5.26 Å². The number of piperidine rings is 1. The molecule has 0 bridgehead atoms. The van der Waals surface area contributed by atoms with Crippen molar-refractivity contribution >= 4 is 34.6 Å². The lowest BCUT2D eigenvalue weighted by Crippen LogP contribution is -2.38. The lowest BCUT2D eigenvalue weighted by Gasteiger charge is -2.32. The van der Waals surface area contributed by atoms with Gasteiger partial charge in [0.1, 0.15) is 11.8 Å². The number of benzene rings is 2. The minimum atomic E-state index is -0.359. The van der Waals surface area contributed by atoms with E-state index in [1.54, 1.807) is 18.5 Å². The molecule has 0 radical (unpaired) electrons. The van der Waals surface area contributed by atoms with E-state index in [2.05, 4.69) is 42.0 Å². The van der Waals surface area contributed by atoms with Gasteiger partial charge in [0, 0.05) is 37.4 Å². The maximum Gasteiger partial charge on any atom is 0.319 e. The lowest BCUT2D eigenvalue weighted by molar-refractivity contribution is 0.0713. The number of imidazole rings is 1. The Labute approximate surface area is 225 Å². The molecule has 11 heteroatoms. The number of aromatic amines is 1. The smallest absolute Gasteiger partial charge is 0.319 e. The van der Waals surface area contributed by atoms with Gasteiger partial charge in [-0.15, -0.1) is 0 Å². The maximum atomic E-state index is 13.2. The molecule has 1 saturated heterocycles. The number of urea groups is 1. The number of H-pyrrole nitrogens is 1. The summed E-state index contributed by atoms with van der Waals surface area (Å²) in [5.41, 5.74) is 5.13. The quantitative estimate of drug-likeness (QED) is 0.269. The van der Waals surface area contributed by atoms with Crippen LogP contribution in [0.4, 0.5) is 16.3 Å². The van der Waals surface area contributed by atoms with Gasteiger partial charge in [-0.25, -0.2) is 19.7 Å². The fourth-order valence-electron chi connectivity index (χ4n) is 4.74. The van der Waals surface area contributed by atoms with Gasteiger partial charge in [-0.1, -0.05) is 18.2 Å². The van der Waals surface area contributed by atoms with Crippen LogP contribution < -0.4 is 16.0 Å². The molecule has 2 aromatic carbocycles. The van der Waals surface area contributed by atoms with E-state index >= 15 is 0 Å². The molecule has 0 aliphatic carbocycles. The van der Waals surface area contributed by atoms with Crippen LogP contribution in [0.5, 0.6) is 0 Å². The molecular formula is C28H29N9O2. The number of carbonyl (C=O) groups is 2. The molecule has 0 unspecified atom stereocenters. The SMILES string of the molecule is Cc1ccc(C(=O)N2CCC(c3ccc(C#N)cc3)CC2)cc1NC(=O)NCCNc1ncnc2nc[nH]c12. The zero-order valence-corrected chi connectivity index (χ0v) is 21.6. The van der Waals surface area contributed by atoms with Crippen LogP contribution in [0.1, 0.15) is 45.8 Å². The summed E-state index contributed by atoms with van der Waals surface area (Å²) >= 11 is 0. The Morgan fingerprint density at radius 2 is 1.87 bits per heavy atom. The fourth-order valence-corrected chi connectivity index (χ4v) is 4.74. The summed E-state index contributed by atoms with van der Waals surface area (Å²) in [4.78, 5) is 43.0. The fraction of sp³-hybridized carbons (Fsp3) is 0.286. The summed E-state index contributed by atoms with van der Waals surface area (Å²) in [6.07, 6.45) is 4.72. The van der Waals surface area contributed by atoms with Crippen molar-refractivity contribution in [2.45, 2.75) is 25.7 Å². The Balaban J connectivity index is 1.12. The second kappa shape index (κ2) is 11.6. The third kappa shape index (κ3) is 5.96. The van der Waals surface area contributed by atoms with E-state index in [1.165, 1.54) is 11.9 Å². The van der Waals surface area contributed by atoms with Crippen molar-refractivity contribution in [2.24, 2.45) is 0 Å². The highest BCUT2D eigenvalue weighted by Gasteiger charge is 2.25. The number of carbonyl (C=O) groups excluding carboxylic acids is 2. The minimum absolute atomic E-state index is 0.0455. The van der Waals surface area contributed by atoms with E-state index in [0.717, 1.165) is 18.4 Å². The zero-order valence-electron chi connectivity index (χ0n) is 21.6. The van der Waals surface area contributed by atoms with E-state index in [9.17, 15) is 9.59 Å². The third-order valence-electron chi connectivity index (χ3n) is 6.95. The lowest BCUT2D eigenvalue weighted by atomic mass is 9.89. The molecule has 5 rings (SSSR count). The topological polar surface area (TPSA) is 152 Å². The summed E-state index contributed by atoms with van der Waals surface area (Å²) in [7, 11) is 0. The van der Waals surface area contributed by atoms with Crippen LogP contribution in [-0.4, -0.2) is 63.0 Å². The molecule has 0 saturated carbocycles. The van der Waals surface area contributed by atoms with Crippen molar-refractivity contribution in [3.05, 3.63) is 77.4 Å². The molecule has 3 amide bonds. The van der Waals surface area contributed by atoms with Crippen molar-refractivity contribution in [3.63, 3.8) is 0 Å². The molecule has 4 N–H and O–H groups in total. The van der Waals surface area contributed by atoms with Crippen LogP contribution in [-0.2, 0) is 0 Å². The van der Waals surface area contributed by atoms with E-state index in [0.29, 0.717) is 65.9 Å². The molecule has 3 heterocycles. The Bertz CT molecular complexity index is 1520. The second-order valence-corrected chi connectivity index (χ2v) is 9.46. The van der Waals surface area contributed by atoms with Gasteiger partial charge in [-0.3, -0.25) is 4.79 Å². The molecule has 2 aromatic heterocycles. The number of amides is 3. The molecule has 1 aliphatic heterocycles. The number of nitrogens with zero attached hydrogens (tertiary/aromatic N) is 5. The average molecular weight is 524 g/mol. The van der Waals surface area contributed by atoms with Crippen molar-refractivity contribution < 1.29 is 9.59 Å². The number of aryl methyl sites for hydroxylation is 1. The molecule has 1 aliphatic rings. The first-order chi connectivity index (χ1) is 19.0. The van der Waals surface area contributed by atoms with Gasteiger partial charge in [0.05, 0.1) is 18.0 Å². The number of hydrogen-bond donors (Lipinski definition) is 4. The van der Waals surface area contributed by atoms with Crippen LogP contribution in [0.25, 0.3) is 11.2 Å². The first-order valence-corrected chi connectivity index (χ1v) is 12.8. The van der Waals surface area contributed by atoms with Crippen LogP contribution in [0.15, 0.2) is 55.1 Å². The number of aromatic nitrogens is 4. The largest absolute Gasteiger partial charge is 0.366 e. The van der Waals surface area contributed by atoms with Crippen molar-refractivity contribution in [1.29, 1.82) is 5.26 Å². The second-order valence-electron chi connectivity index (χ2n) is 9.46. The Hall–Kier alpha value is -4.98. The number of nitriles is 1. The number of nitrogens with one attached hydrogen (secondary N) is 4. The molecule has 4 aromatic rings. The Morgan fingerprint density at radius 1 is 1.08 bits per heavy atom. The van der Waals surface area contributed by atoms with Gasteiger partial charge in [-0.05, 0) is 61.1 Å². The summed E-state index contributed by atoms with van der Waals surface area (Å²) in [6.45, 7) is 4.01. The first kappa shape index (κ1) is 25.7. The monoisotopic (exact) mass is 523 g/mol. The summed E-state index contributed by atoms with van der Waals surface area (Å²) < 4.78 is 0. The zero-order chi connectivity index (χ0) is 27.2. The average Bonchev–Trinajstić information content (AvgIpc) is 3.46. The van der Waals surface area contributed by atoms with E-state index in [-0.39, 0.29) is 11.9 Å². The number of likely N-dealkylation sites (tertiary alicyclic amines) is 1. The maximum absolute atomic E-state index is 13.2. The van der Waals surface area contributed by atoms with Gasteiger partial charge < -0.3 is 25.8 Å². The number of anilines is 2. The summed E-state index contributed by atoms with van der Waals surface area (Å²) in [6, 6.07) is 14.9. The molecule has 0 atom stereocenters. The van der Waals surface area contributed by atoms with Crippen molar-refractivity contribution in [2.75, 3.05) is 36.8 Å². The number of hydrogen-bond acceptors (Lipinski definition) is 7. The van der Waals surface area contributed by atoms with Crippen molar-refractivity contribution in [3.8, 4) is 6.07 Å². The number of rotatable bonds is 7. The predicted octanol–water partition coefficient (Wildman–Crippen LogP) is 3.79. The Kier molecular flexibility index (Phi) is 7.63. The van der Waals surface area contributed by atoms with Crippen LogP contribution >= 0.6 is 0 Å². The van der Waals surface area contributed by atoms with Crippen LogP contribution in [0.2, 0.25) is 0 Å². The predicted molar refractivity (Wildman–Crippen MR) is 147 cm³/mol. The third-order valence-corrected chi connectivity index (χ3v) is 6.95. The van der Waals surface area contributed by atoms with E-state index < -0.39 is 0 Å². The van der Waals surface area contributed by atoms with Crippen LogP contribution in [0.3, 0.4) is 0 Å². The van der Waals surface area contributed by atoms with Gasteiger partial charge in [0.25, 0.3) is 5.91 Å². The van der Waals surface area contributed by atoms with Gasteiger partial charge in [0.2, 0.25) is 0 Å². The first-order valence-electron chi connectivity index (χ1n) is 12.8. The molecule has 1 fully saturated rings. The van der Waals surface area contributed by atoms with E-state index in [4.69, 9.17) is 5.26 Å². The normalized spacial score (nSPS) is 13.6. The molecule has 11 nitrogen and oxygen atoms in total. The highest BCUT2D eigenvalue weighted by molar-refractivity contribution is 5.97. The highest BCUT2D eigenvalue weighted by atomic mass is 16.2. The van der Waals surface area contributed by atoms with E-state index in [1.807, 2.05) is 42.2 Å². The standard InChI is InChI=1S/C28H29N9O2/c1-18-2-5-22(27(38)37-12-8-21(9-13-37)20-6-3-19(15-29)4-7-20)14-23(18)36-28(39)31-11-10-30-25-24-26(33-16-32-24)35-17-34-25/h2-7,14,16-17,21H,8-13H2,1H3,(H2,31,36,39)(H2,30,32,33,34,35). The van der Waals surface area contributed by atoms with Crippen LogP contribution in [0, 0.1) is 18.3 Å². The molecule has 0 spiro atoms. The summed E-state index contributed by atoms with van der Waals surface area (Å²) in [5, 5.41) is 17.8. The van der Waals surface area contributed by atoms with Gasteiger partial charge in [0.15, 0.2) is 11.5 Å². The minimum Gasteiger partial charge on any atom is -0.366 e. The molecular weight excluding hydrogens is 494 g/mol. The van der Waals surface area contributed by atoms with Crippen molar-refractivity contribution in [1.82, 2.24) is 30.2 Å².